The summed E-state index contributed by atoms with van der Waals surface area (Å²) in [5, 5.41) is 4.25. The zero-order chi connectivity index (χ0) is 29.2. The molecule has 0 aromatic heterocycles. The molecule has 0 saturated heterocycles. The average Bonchev–Trinajstić information content (AvgIpc) is 2.99. The highest BCUT2D eigenvalue weighted by Crippen LogP contribution is 2.28. The molecule has 41 heavy (non-hydrogen) atoms. The van der Waals surface area contributed by atoms with Gasteiger partial charge in [-0.1, -0.05) is 83.9 Å². The van der Waals surface area contributed by atoms with Crippen LogP contribution in [0, 0.1) is 0 Å². The number of hydrogen-bond donors (Lipinski definition) is 1. The largest absolute Gasteiger partial charge is 0.493 e. The van der Waals surface area contributed by atoms with Crippen LogP contribution in [-0.2, 0) is 35.5 Å². The van der Waals surface area contributed by atoms with Gasteiger partial charge in [-0.05, 0) is 58.7 Å². The quantitative estimate of drug-likeness (QED) is 0.204. The molecule has 8 heteroatoms. The summed E-state index contributed by atoms with van der Waals surface area (Å²) >= 11 is 12.2. The van der Waals surface area contributed by atoms with Gasteiger partial charge in [0.15, 0.2) is 11.5 Å². The van der Waals surface area contributed by atoms with Gasteiger partial charge in [0.25, 0.3) is 0 Å². The van der Waals surface area contributed by atoms with Crippen LogP contribution >= 0.6 is 23.2 Å². The fourth-order valence-corrected chi connectivity index (χ4v) is 4.77. The first kappa shape index (κ1) is 30.0. The number of hydrogen-bond acceptors (Lipinski definition) is 4. The molecule has 0 aliphatic heterocycles. The molecule has 0 heterocycles. The molecule has 4 aromatic carbocycles. The third-order valence-electron chi connectivity index (χ3n) is 6.72. The molecule has 4 rings (SSSR count). The molecule has 6 nitrogen and oxygen atoms in total. The summed E-state index contributed by atoms with van der Waals surface area (Å²) in [6.45, 7) is 0.537. The first-order valence-electron chi connectivity index (χ1n) is 13.2. The van der Waals surface area contributed by atoms with Crippen molar-refractivity contribution in [1.82, 2.24) is 10.2 Å². The van der Waals surface area contributed by atoms with Crippen molar-refractivity contribution in [3.63, 3.8) is 0 Å². The molecule has 0 radical (unpaired) electrons. The zero-order valence-corrected chi connectivity index (χ0v) is 24.5. The van der Waals surface area contributed by atoms with E-state index in [1.807, 2.05) is 60.7 Å². The third-order valence-corrected chi connectivity index (χ3v) is 7.22. The minimum atomic E-state index is -0.770. The van der Waals surface area contributed by atoms with Gasteiger partial charge in [0.2, 0.25) is 11.8 Å². The van der Waals surface area contributed by atoms with Gasteiger partial charge >= 0.3 is 0 Å². The number of amides is 2. The number of ether oxygens (including phenoxy) is 2. The van der Waals surface area contributed by atoms with E-state index in [0.717, 1.165) is 22.3 Å². The van der Waals surface area contributed by atoms with Crippen LogP contribution in [-0.4, -0.2) is 37.0 Å². The van der Waals surface area contributed by atoms with Crippen molar-refractivity contribution in [2.45, 2.75) is 32.0 Å². The lowest BCUT2D eigenvalue weighted by atomic mass is 10.0. The van der Waals surface area contributed by atoms with E-state index in [4.69, 9.17) is 32.7 Å². The van der Waals surface area contributed by atoms with Crippen LogP contribution in [0.4, 0.5) is 0 Å². The van der Waals surface area contributed by atoms with E-state index in [1.54, 1.807) is 55.5 Å². The van der Waals surface area contributed by atoms with Crippen molar-refractivity contribution in [3.05, 3.63) is 129 Å². The first-order chi connectivity index (χ1) is 19.9. The predicted octanol–water partition coefficient (Wildman–Crippen LogP) is 6.51. The number of methoxy groups -OCH3 is 2. The van der Waals surface area contributed by atoms with E-state index in [2.05, 4.69) is 5.32 Å². The highest BCUT2D eigenvalue weighted by molar-refractivity contribution is 6.30. The van der Waals surface area contributed by atoms with Gasteiger partial charge in [-0.2, -0.15) is 0 Å². The number of rotatable bonds is 12. The average molecular weight is 592 g/mol. The summed E-state index contributed by atoms with van der Waals surface area (Å²) in [6.07, 6.45) is 0.419. The molecule has 2 amide bonds. The van der Waals surface area contributed by atoms with Gasteiger partial charge < -0.3 is 19.7 Å². The van der Waals surface area contributed by atoms with E-state index in [-0.39, 0.29) is 24.8 Å². The van der Waals surface area contributed by atoms with Crippen molar-refractivity contribution >= 4 is 35.0 Å². The SMILES string of the molecule is COc1ccc(CC(=O)N(Cc2ccc(Cl)cc2)[C@H](Cc2ccccc2)C(=O)NCc2ccc(Cl)cc2)cc1OC. The molecule has 0 unspecified atom stereocenters. The first-order valence-corrected chi connectivity index (χ1v) is 13.9. The molecular weight excluding hydrogens is 559 g/mol. The van der Waals surface area contributed by atoms with E-state index in [1.165, 1.54) is 0 Å². The Bertz CT molecular complexity index is 1440. The van der Waals surface area contributed by atoms with Gasteiger partial charge in [-0.15, -0.1) is 0 Å². The lowest BCUT2D eigenvalue weighted by molar-refractivity contribution is -0.140. The Morgan fingerprint density at radius 1 is 0.732 bits per heavy atom. The van der Waals surface area contributed by atoms with Gasteiger partial charge in [0.05, 0.1) is 20.6 Å². The normalized spacial score (nSPS) is 11.4. The molecule has 0 fully saturated rings. The van der Waals surface area contributed by atoms with Crippen molar-refractivity contribution in [3.8, 4) is 11.5 Å². The second kappa shape index (κ2) is 14.6. The fourth-order valence-electron chi connectivity index (χ4n) is 4.52. The maximum absolute atomic E-state index is 14.0. The lowest BCUT2D eigenvalue weighted by Crippen LogP contribution is -2.50. The monoisotopic (exact) mass is 590 g/mol. The molecule has 212 valence electrons. The minimum absolute atomic E-state index is 0.0731. The summed E-state index contributed by atoms with van der Waals surface area (Å²) in [6, 6.07) is 28.9. The van der Waals surface area contributed by atoms with Crippen molar-refractivity contribution < 1.29 is 19.1 Å². The maximum Gasteiger partial charge on any atom is 0.243 e. The van der Waals surface area contributed by atoms with E-state index >= 15 is 0 Å². The van der Waals surface area contributed by atoms with Crippen molar-refractivity contribution in [1.29, 1.82) is 0 Å². The number of nitrogens with one attached hydrogen (secondary N) is 1. The Kier molecular flexibility index (Phi) is 10.7. The Morgan fingerprint density at radius 3 is 1.93 bits per heavy atom. The molecule has 0 bridgehead atoms. The fraction of sp³-hybridized carbons (Fsp3) is 0.212. The standard InChI is InChI=1S/C33H32Cl2N2O4/c1-40-30-17-12-26(19-31(30)41-2)20-32(38)37(22-25-10-15-28(35)16-11-25)29(18-23-6-4-3-5-7-23)33(39)36-21-24-8-13-27(34)14-9-24/h3-17,19,29H,18,20-22H2,1-2H3,(H,36,39)/t29-/m1/s1. The second-order valence-electron chi connectivity index (χ2n) is 9.56. The second-order valence-corrected chi connectivity index (χ2v) is 10.4. The Balaban J connectivity index is 1.66. The highest BCUT2D eigenvalue weighted by atomic mass is 35.5. The Labute approximate surface area is 250 Å². The molecule has 4 aromatic rings. The van der Waals surface area contributed by atoms with E-state index in [9.17, 15) is 9.59 Å². The number of benzene rings is 4. The molecule has 0 aliphatic rings. The van der Waals surface area contributed by atoms with Crippen molar-refractivity contribution in [2.75, 3.05) is 14.2 Å². The summed E-state index contributed by atoms with van der Waals surface area (Å²) in [7, 11) is 3.12. The summed E-state index contributed by atoms with van der Waals surface area (Å²) in [4.78, 5) is 29.5. The third kappa shape index (κ3) is 8.49. The summed E-state index contributed by atoms with van der Waals surface area (Å²) < 4.78 is 10.8. The van der Waals surface area contributed by atoms with Crippen LogP contribution in [0.15, 0.2) is 97.1 Å². The topological polar surface area (TPSA) is 67.9 Å². The van der Waals surface area contributed by atoms with Crippen LogP contribution in [0.2, 0.25) is 10.0 Å². The molecule has 1 atom stereocenters. The van der Waals surface area contributed by atoms with Crippen LogP contribution in [0.1, 0.15) is 22.3 Å². The number of carbonyl (C=O) groups is 2. The minimum Gasteiger partial charge on any atom is -0.493 e. The maximum atomic E-state index is 14.0. The van der Waals surface area contributed by atoms with E-state index in [0.29, 0.717) is 34.5 Å². The van der Waals surface area contributed by atoms with Crippen molar-refractivity contribution in [2.24, 2.45) is 0 Å². The predicted molar refractivity (Wildman–Crippen MR) is 162 cm³/mol. The summed E-state index contributed by atoms with van der Waals surface area (Å²) in [5.74, 6) is 0.655. The highest BCUT2D eigenvalue weighted by Gasteiger charge is 2.30. The van der Waals surface area contributed by atoms with Gasteiger partial charge in [-0.25, -0.2) is 0 Å². The van der Waals surface area contributed by atoms with Crippen LogP contribution in [0.25, 0.3) is 0 Å². The number of carbonyl (C=O) groups excluding carboxylic acids is 2. The van der Waals surface area contributed by atoms with E-state index < -0.39 is 6.04 Å². The lowest BCUT2D eigenvalue weighted by Gasteiger charge is -2.32. The zero-order valence-electron chi connectivity index (χ0n) is 23.0. The molecule has 0 saturated carbocycles. The number of halogens is 2. The number of nitrogens with zero attached hydrogens (tertiary/aromatic N) is 1. The van der Waals surface area contributed by atoms with Crippen LogP contribution in [0.3, 0.4) is 0 Å². The van der Waals surface area contributed by atoms with Gasteiger partial charge in [-0.3, -0.25) is 9.59 Å². The van der Waals surface area contributed by atoms with Crippen LogP contribution in [0.5, 0.6) is 11.5 Å². The summed E-state index contributed by atoms with van der Waals surface area (Å²) in [5.41, 5.74) is 3.45. The molecule has 1 N–H and O–H groups in total. The molecule has 0 spiro atoms. The Hall–Kier alpha value is -4.00. The van der Waals surface area contributed by atoms with Gasteiger partial charge in [0.1, 0.15) is 6.04 Å². The van der Waals surface area contributed by atoms with Crippen LogP contribution < -0.4 is 14.8 Å². The molecule has 0 aliphatic carbocycles. The van der Waals surface area contributed by atoms with Gasteiger partial charge in [0, 0.05) is 29.6 Å². The molecular formula is C33H32Cl2N2O4. The smallest absolute Gasteiger partial charge is 0.243 e. The Morgan fingerprint density at radius 2 is 1.32 bits per heavy atom.